The number of nitrogens with one attached hydrogen (secondary N) is 2. The maximum absolute atomic E-state index is 12.7. The molecule has 0 aromatic heterocycles. The van der Waals surface area contributed by atoms with Gasteiger partial charge in [-0.15, -0.1) is 11.8 Å². The van der Waals surface area contributed by atoms with Crippen LogP contribution in [-0.2, 0) is 19.6 Å². The number of nitrogens with two attached hydrogens (primary N) is 1. The van der Waals surface area contributed by atoms with E-state index >= 15 is 0 Å². The molecule has 2 aliphatic heterocycles. The van der Waals surface area contributed by atoms with E-state index in [1.807, 2.05) is 0 Å². The molecule has 0 unspecified atom stereocenters. The van der Waals surface area contributed by atoms with Crippen molar-refractivity contribution in [1.29, 1.82) is 0 Å². The van der Waals surface area contributed by atoms with E-state index in [9.17, 15) is 13.2 Å². The molecular formula is C15H19N3O4S2. The second-order valence-electron chi connectivity index (χ2n) is 6.32. The fourth-order valence-corrected chi connectivity index (χ4v) is 5.75. The first kappa shape index (κ1) is 16.3. The van der Waals surface area contributed by atoms with Gasteiger partial charge in [0, 0.05) is 35.6 Å². The third kappa shape index (κ3) is 2.74. The van der Waals surface area contributed by atoms with Crippen LogP contribution in [0.15, 0.2) is 28.0 Å². The van der Waals surface area contributed by atoms with Crippen molar-refractivity contribution in [3.63, 3.8) is 0 Å². The molecule has 130 valence electrons. The van der Waals surface area contributed by atoms with E-state index < -0.39 is 16.1 Å². The van der Waals surface area contributed by atoms with Crippen LogP contribution in [0.2, 0.25) is 0 Å². The number of fused-ring (bicyclic) bond motifs is 2. The first-order chi connectivity index (χ1) is 11.5. The first-order valence-electron chi connectivity index (χ1n) is 7.92. The lowest BCUT2D eigenvalue weighted by Crippen LogP contribution is -2.68. The summed E-state index contributed by atoms with van der Waals surface area (Å²) in [6.45, 7) is 0.628. The van der Waals surface area contributed by atoms with Gasteiger partial charge < -0.3 is 15.8 Å². The summed E-state index contributed by atoms with van der Waals surface area (Å²) in [5.41, 5.74) is 6.62. The van der Waals surface area contributed by atoms with Crippen molar-refractivity contribution in [3.8, 4) is 0 Å². The van der Waals surface area contributed by atoms with E-state index in [0.717, 1.165) is 11.3 Å². The zero-order chi connectivity index (χ0) is 16.9. The molecule has 4 atom stereocenters. The van der Waals surface area contributed by atoms with Gasteiger partial charge >= 0.3 is 0 Å². The molecule has 2 heterocycles. The number of carbonyl (C=O) groups is 1. The molecule has 7 nitrogen and oxygen atoms in total. The Morgan fingerprint density at radius 3 is 3.04 bits per heavy atom. The Kier molecular flexibility index (Phi) is 4.08. The van der Waals surface area contributed by atoms with Crippen LogP contribution >= 0.6 is 11.8 Å². The van der Waals surface area contributed by atoms with Gasteiger partial charge in [-0.1, -0.05) is 0 Å². The lowest BCUT2D eigenvalue weighted by atomic mass is 9.73. The van der Waals surface area contributed by atoms with Gasteiger partial charge in [0.1, 0.15) is 0 Å². The van der Waals surface area contributed by atoms with Crippen LogP contribution in [0.4, 0.5) is 5.69 Å². The van der Waals surface area contributed by atoms with E-state index in [-0.39, 0.29) is 28.9 Å². The number of rotatable bonds is 3. The number of benzene rings is 1. The van der Waals surface area contributed by atoms with Gasteiger partial charge in [-0.3, -0.25) is 4.79 Å². The highest BCUT2D eigenvalue weighted by Crippen LogP contribution is 2.39. The molecule has 1 aromatic carbocycles. The predicted octanol–water partition coefficient (Wildman–Crippen LogP) is 0.514. The highest BCUT2D eigenvalue weighted by molar-refractivity contribution is 7.99. The van der Waals surface area contributed by atoms with Crippen molar-refractivity contribution < 1.29 is 17.9 Å². The summed E-state index contributed by atoms with van der Waals surface area (Å²) < 4.78 is 33.6. The predicted molar refractivity (Wildman–Crippen MR) is 90.3 cm³/mol. The molecule has 4 N–H and O–H groups in total. The molecule has 1 aromatic rings. The van der Waals surface area contributed by atoms with Crippen molar-refractivity contribution >= 4 is 33.4 Å². The molecule has 24 heavy (non-hydrogen) atoms. The number of ether oxygens (including phenoxy) is 1. The molecule has 0 spiro atoms. The summed E-state index contributed by atoms with van der Waals surface area (Å²) in [5.74, 6) is 0.813. The van der Waals surface area contributed by atoms with Crippen LogP contribution in [0, 0.1) is 5.92 Å². The quantitative estimate of drug-likeness (QED) is 0.716. The number of amides is 1. The van der Waals surface area contributed by atoms with Gasteiger partial charge in [-0.25, -0.2) is 13.1 Å². The van der Waals surface area contributed by atoms with Gasteiger partial charge in [0.05, 0.1) is 22.7 Å². The van der Waals surface area contributed by atoms with Crippen LogP contribution in [0.25, 0.3) is 0 Å². The van der Waals surface area contributed by atoms with Gasteiger partial charge in [-0.05, 0) is 24.6 Å². The summed E-state index contributed by atoms with van der Waals surface area (Å²) in [6, 6.07) is 4.18. The second kappa shape index (κ2) is 5.99. The zero-order valence-electron chi connectivity index (χ0n) is 12.9. The number of sulfonamides is 1. The van der Waals surface area contributed by atoms with Crippen LogP contribution in [-0.4, -0.2) is 44.9 Å². The number of carbonyl (C=O) groups excluding carboxylic acids is 1. The Balaban J connectivity index is 1.57. The first-order valence-corrected chi connectivity index (χ1v) is 10.4. The molecule has 1 saturated heterocycles. The second-order valence-corrected chi connectivity index (χ2v) is 9.17. The SMILES string of the molecule is N[C@H]1[C@H]2CCO[C@H]2[C@@H]1NS(=O)(=O)c1ccc2c(c1)NC(=O)CCS2. The van der Waals surface area contributed by atoms with E-state index in [1.54, 1.807) is 12.1 Å². The smallest absolute Gasteiger partial charge is 0.241 e. The summed E-state index contributed by atoms with van der Waals surface area (Å²) in [7, 11) is -3.73. The molecule has 0 bridgehead atoms. The van der Waals surface area contributed by atoms with Crippen LogP contribution in [0.5, 0.6) is 0 Å². The molecule has 0 radical (unpaired) electrons. The van der Waals surface area contributed by atoms with E-state index in [0.29, 0.717) is 24.5 Å². The normalized spacial score (nSPS) is 32.3. The molecule has 1 saturated carbocycles. The fourth-order valence-electron chi connectivity index (χ4n) is 3.51. The third-order valence-electron chi connectivity index (χ3n) is 4.86. The lowest BCUT2D eigenvalue weighted by molar-refractivity contribution is -0.115. The van der Waals surface area contributed by atoms with Crippen LogP contribution in [0.3, 0.4) is 0 Å². The van der Waals surface area contributed by atoms with Gasteiger partial charge in [0.2, 0.25) is 15.9 Å². The van der Waals surface area contributed by atoms with E-state index in [2.05, 4.69) is 10.0 Å². The van der Waals surface area contributed by atoms with E-state index in [1.165, 1.54) is 17.8 Å². The van der Waals surface area contributed by atoms with Crippen molar-refractivity contribution in [2.24, 2.45) is 11.7 Å². The average molecular weight is 369 g/mol. The minimum atomic E-state index is -3.73. The summed E-state index contributed by atoms with van der Waals surface area (Å²) >= 11 is 1.54. The molecular weight excluding hydrogens is 350 g/mol. The zero-order valence-corrected chi connectivity index (χ0v) is 14.5. The average Bonchev–Trinajstić information content (AvgIpc) is 2.90. The van der Waals surface area contributed by atoms with Crippen LogP contribution in [0.1, 0.15) is 12.8 Å². The molecule has 9 heteroatoms. The largest absolute Gasteiger partial charge is 0.376 e. The number of thioether (sulfide) groups is 1. The Morgan fingerprint density at radius 1 is 1.38 bits per heavy atom. The number of anilines is 1. The monoisotopic (exact) mass is 369 g/mol. The van der Waals surface area contributed by atoms with Crippen molar-refractivity contribution in [1.82, 2.24) is 4.72 Å². The Labute approximate surface area is 144 Å². The Morgan fingerprint density at radius 2 is 2.21 bits per heavy atom. The van der Waals surface area contributed by atoms with Gasteiger partial charge in [0.15, 0.2) is 0 Å². The summed E-state index contributed by atoms with van der Waals surface area (Å²) in [4.78, 5) is 12.7. The highest BCUT2D eigenvalue weighted by Gasteiger charge is 2.53. The van der Waals surface area contributed by atoms with Gasteiger partial charge in [0.25, 0.3) is 0 Å². The standard InChI is InChI=1S/C15H19N3O4S2/c16-13-9-3-5-22-15(9)14(13)18-24(20,21)8-1-2-11-10(7-8)17-12(19)4-6-23-11/h1-2,7,9,13-15,18H,3-6,16H2,(H,17,19)/t9-,13+,14-,15-/m1/s1. The minimum absolute atomic E-state index is 0.105. The van der Waals surface area contributed by atoms with Crippen LogP contribution < -0.4 is 15.8 Å². The summed E-state index contributed by atoms with van der Waals surface area (Å²) in [5, 5.41) is 2.76. The van der Waals surface area contributed by atoms with Crippen molar-refractivity contribution in [2.75, 3.05) is 17.7 Å². The minimum Gasteiger partial charge on any atom is -0.376 e. The Hall–Kier alpha value is -1.13. The molecule has 1 amide bonds. The third-order valence-corrected chi connectivity index (χ3v) is 7.39. The van der Waals surface area contributed by atoms with Crippen molar-refractivity contribution in [2.45, 2.75) is 40.8 Å². The van der Waals surface area contributed by atoms with Gasteiger partial charge in [-0.2, -0.15) is 0 Å². The maximum atomic E-state index is 12.7. The maximum Gasteiger partial charge on any atom is 0.241 e. The summed E-state index contributed by atoms with van der Waals surface area (Å²) in [6.07, 6.45) is 1.16. The molecule has 3 aliphatic rings. The highest BCUT2D eigenvalue weighted by atomic mass is 32.2. The number of hydrogen-bond acceptors (Lipinski definition) is 6. The van der Waals surface area contributed by atoms with E-state index in [4.69, 9.17) is 10.5 Å². The van der Waals surface area contributed by atoms with Crippen molar-refractivity contribution in [3.05, 3.63) is 18.2 Å². The topological polar surface area (TPSA) is 111 Å². The molecule has 2 fully saturated rings. The molecule has 4 rings (SSSR count). The fraction of sp³-hybridized carbons (Fsp3) is 0.533. The Bertz CT molecular complexity index is 783. The molecule has 1 aliphatic carbocycles. The lowest BCUT2D eigenvalue weighted by Gasteiger charge is -2.45. The number of hydrogen-bond donors (Lipinski definition) is 3.